The maximum Gasteiger partial charge on any atom is 0.0166 e. The molecule has 1 aliphatic heterocycles. The zero-order chi connectivity index (χ0) is 10.5. The number of nitrogens with one attached hydrogen (secondary N) is 1. The summed E-state index contributed by atoms with van der Waals surface area (Å²) in [5, 5.41) is 3.69. The van der Waals surface area contributed by atoms with Gasteiger partial charge in [-0.2, -0.15) is 0 Å². The molecule has 15 heavy (non-hydrogen) atoms. The summed E-state index contributed by atoms with van der Waals surface area (Å²) in [6.45, 7) is 7.51. The van der Waals surface area contributed by atoms with Crippen LogP contribution < -0.4 is 5.32 Å². The van der Waals surface area contributed by atoms with Crippen LogP contribution in [0.1, 0.15) is 45.4 Å². The lowest BCUT2D eigenvalue weighted by atomic mass is 9.85. The minimum Gasteiger partial charge on any atom is -0.313 e. The normalized spacial score (nSPS) is 26.2. The Bertz CT molecular complexity index is 171. The Morgan fingerprint density at radius 1 is 1.13 bits per heavy atom. The third-order valence-corrected chi connectivity index (χ3v) is 3.96. The highest BCUT2D eigenvalue weighted by Gasteiger charge is 2.18. The molecular formula is C13H26N2. The number of hydrogen-bond donors (Lipinski definition) is 1. The van der Waals surface area contributed by atoms with E-state index in [0.717, 1.165) is 5.92 Å². The Kier molecular flexibility index (Phi) is 4.45. The molecule has 0 amide bonds. The molecule has 1 atom stereocenters. The van der Waals surface area contributed by atoms with Crippen LogP contribution in [-0.2, 0) is 0 Å². The highest BCUT2D eigenvalue weighted by atomic mass is 15.1. The predicted octanol–water partition coefficient (Wildman–Crippen LogP) is 2.25. The van der Waals surface area contributed by atoms with E-state index in [1.165, 1.54) is 64.7 Å². The van der Waals surface area contributed by atoms with E-state index in [-0.39, 0.29) is 0 Å². The van der Waals surface area contributed by atoms with E-state index in [1.54, 1.807) is 0 Å². The molecule has 0 spiro atoms. The molecule has 1 N–H and O–H groups in total. The molecule has 88 valence electrons. The van der Waals surface area contributed by atoms with Crippen molar-refractivity contribution in [3.8, 4) is 0 Å². The molecule has 0 bridgehead atoms. The van der Waals surface area contributed by atoms with Crippen molar-refractivity contribution in [1.82, 2.24) is 10.2 Å². The number of hydrogen-bond acceptors (Lipinski definition) is 2. The third kappa shape index (κ3) is 3.76. The van der Waals surface area contributed by atoms with E-state index in [1.807, 2.05) is 0 Å². The SMILES string of the molecule is CC(CN1CCCCC1)NCC1CCC1. The maximum absolute atomic E-state index is 3.69. The summed E-state index contributed by atoms with van der Waals surface area (Å²) in [5.74, 6) is 0.994. The van der Waals surface area contributed by atoms with Crippen molar-refractivity contribution >= 4 is 0 Å². The average Bonchev–Trinajstić information content (AvgIpc) is 2.17. The summed E-state index contributed by atoms with van der Waals surface area (Å²) in [6, 6.07) is 0.684. The van der Waals surface area contributed by atoms with Crippen molar-refractivity contribution < 1.29 is 0 Å². The lowest BCUT2D eigenvalue weighted by Crippen LogP contribution is -2.43. The van der Waals surface area contributed by atoms with Crippen LogP contribution in [0.15, 0.2) is 0 Å². The van der Waals surface area contributed by atoms with E-state index in [0.29, 0.717) is 6.04 Å². The highest BCUT2D eigenvalue weighted by molar-refractivity contribution is 4.76. The summed E-state index contributed by atoms with van der Waals surface area (Å²) < 4.78 is 0. The van der Waals surface area contributed by atoms with E-state index in [4.69, 9.17) is 0 Å². The fourth-order valence-corrected chi connectivity index (χ4v) is 2.66. The van der Waals surface area contributed by atoms with Crippen molar-refractivity contribution in [2.24, 2.45) is 5.92 Å². The third-order valence-electron chi connectivity index (χ3n) is 3.96. The molecule has 1 saturated heterocycles. The fourth-order valence-electron chi connectivity index (χ4n) is 2.66. The molecule has 2 rings (SSSR count). The molecule has 1 aliphatic carbocycles. The van der Waals surface area contributed by atoms with Gasteiger partial charge in [0.2, 0.25) is 0 Å². The molecule has 1 heterocycles. The van der Waals surface area contributed by atoms with E-state index in [9.17, 15) is 0 Å². The average molecular weight is 210 g/mol. The van der Waals surface area contributed by atoms with Gasteiger partial charge in [-0.25, -0.2) is 0 Å². The van der Waals surface area contributed by atoms with Gasteiger partial charge < -0.3 is 10.2 Å². The zero-order valence-corrected chi connectivity index (χ0v) is 10.2. The summed E-state index contributed by atoms with van der Waals surface area (Å²) in [5.41, 5.74) is 0. The largest absolute Gasteiger partial charge is 0.313 e. The van der Waals surface area contributed by atoms with Crippen LogP contribution in [0.3, 0.4) is 0 Å². The lowest BCUT2D eigenvalue weighted by molar-refractivity contribution is 0.201. The Morgan fingerprint density at radius 3 is 2.47 bits per heavy atom. The number of likely N-dealkylation sites (tertiary alicyclic amines) is 1. The van der Waals surface area contributed by atoms with Gasteiger partial charge in [-0.3, -0.25) is 0 Å². The van der Waals surface area contributed by atoms with E-state index >= 15 is 0 Å². The van der Waals surface area contributed by atoms with Gasteiger partial charge in [0, 0.05) is 12.6 Å². The van der Waals surface area contributed by atoms with Crippen LogP contribution >= 0.6 is 0 Å². The number of rotatable bonds is 5. The Hall–Kier alpha value is -0.0800. The Balaban J connectivity index is 1.56. The summed E-state index contributed by atoms with van der Waals surface area (Å²) >= 11 is 0. The van der Waals surface area contributed by atoms with Crippen LogP contribution in [0, 0.1) is 5.92 Å². The first-order chi connectivity index (χ1) is 7.34. The molecule has 2 nitrogen and oxygen atoms in total. The molecule has 2 heteroatoms. The van der Waals surface area contributed by atoms with Crippen molar-refractivity contribution in [1.29, 1.82) is 0 Å². The first kappa shape index (κ1) is 11.4. The van der Waals surface area contributed by atoms with Crippen LogP contribution in [0.25, 0.3) is 0 Å². The monoisotopic (exact) mass is 210 g/mol. The van der Waals surface area contributed by atoms with Gasteiger partial charge in [0.15, 0.2) is 0 Å². The second kappa shape index (κ2) is 5.86. The quantitative estimate of drug-likeness (QED) is 0.749. The van der Waals surface area contributed by atoms with Gasteiger partial charge >= 0.3 is 0 Å². The first-order valence-corrected chi connectivity index (χ1v) is 6.80. The Labute approximate surface area is 94.4 Å². The second-order valence-corrected chi connectivity index (χ2v) is 5.47. The van der Waals surface area contributed by atoms with Crippen molar-refractivity contribution in [2.75, 3.05) is 26.2 Å². The minimum absolute atomic E-state index is 0.684. The fraction of sp³-hybridized carbons (Fsp3) is 1.00. The van der Waals surface area contributed by atoms with Crippen molar-refractivity contribution in [2.45, 2.75) is 51.5 Å². The van der Waals surface area contributed by atoms with Gasteiger partial charge in [-0.1, -0.05) is 12.8 Å². The zero-order valence-electron chi connectivity index (χ0n) is 10.2. The maximum atomic E-state index is 3.69. The van der Waals surface area contributed by atoms with Gasteiger partial charge in [0.1, 0.15) is 0 Å². The molecular weight excluding hydrogens is 184 g/mol. The van der Waals surface area contributed by atoms with Crippen molar-refractivity contribution in [3.63, 3.8) is 0 Å². The molecule has 0 radical (unpaired) electrons. The molecule has 2 aliphatic rings. The molecule has 1 saturated carbocycles. The molecule has 0 aromatic rings. The second-order valence-electron chi connectivity index (χ2n) is 5.47. The topological polar surface area (TPSA) is 15.3 Å². The summed E-state index contributed by atoms with van der Waals surface area (Å²) in [6.07, 6.45) is 8.66. The molecule has 0 aromatic heterocycles. The van der Waals surface area contributed by atoms with Crippen LogP contribution in [-0.4, -0.2) is 37.1 Å². The molecule has 0 aromatic carbocycles. The minimum atomic E-state index is 0.684. The summed E-state index contributed by atoms with van der Waals surface area (Å²) in [4.78, 5) is 2.63. The summed E-state index contributed by atoms with van der Waals surface area (Å²) in [7, 11) is 0. The highest BCUT2D eigenvalue weighted by Crippen LogP contribution is 2.25. The lowest BCUT2D eigenvalue weighted by Gasteiger charge is -2.31. The van der Waals surface area contributed by atoms with E-state index in [2.05, 4.69) is 17.1 Å². The first-order valence-electron chi connectivity index (χ1n) is 6.80. The van der Waals surface area contributed by atoms with Gasteiger partial charge in [0.25, 0.3) is 0 Å². The van der Waals surface area contributed by atoms with Gasteiger partial charge in [-0.15, -0.1) is 0 Å². The van der Waals surface area contributed by atoms with Crippen molar-refractivity contribution in [3.05, 3.63) is 0 Å². The van der Waals surface area contributed by atoms with Gasteiger partial charge in [-0.05, 0) is 58.2 Å². The van der Waals surface area contributed by atoms with Gasteiger partial charge in [0.05, 0.1) is 0 Å². The van der Waals surface area contributed by atoms with E-state index < -0.39 is 0 Å². The van der Waals surface area contributed by atoms with Crippen LogP contribution in [0.5, 0.6) is 0 Å². The van der Waals surface area contributed by atoms with Crippen LogP contribution in [0.2, 0.25) is 0 Å². The molecule has 2 fully saturated rings. The number of nitrogens with zero attached hydrogens (tertiary/aromatic N) is 1. The number of piperidine rings is 1. The molecule has 1 unspecified atom stereocenters. The predicted molar refractivity (Wildman–Crippen MR) is 65.1 cm³/mol. The standard InChI is InChI=1S/C13H26N2/c1-12(14-10-13-6-5-7-13)11-15-8-3-2-4-9-15/h12-14H,2-11H2,1H3. The van der Waals surface area contributed by atoms with Crippen LogP contribution in [0.4, 0.5) is 0 Å². The Morgan fingerprint density at radius 2 is 1.87 bits per heavy atom. The smallest absolute Gasteiger partial charge is 0.0166 e.